The van der Waals surface area contributed by atoms with E-state index in [2.05, 4.69) is 20.9 Å². The number of pyridine rings is 1. The van der Waals surface area contributed by atoms with E-state index in [-0.39, 0.29) is 30.9 Å². The van der Waals surface area contributed by atoms with Crippen LogP contribution >= 0.6 is 15.9 Å². The van der Waals surface area contributed by atoms with Gasteiger partial charge in [0.2, 0.25) is 0 Å². The summed E-state index contributed by atoms with van der Waals surface area (Å²) in [4.78, 5) is 30.6. The molecule has 0 bridgehead atoms. The highest BCUT2D eigenvalue weighted by atomic mass is 79.9. The van der Waals surface area contributed by atoms with Gasteiger partial charge in [-0.15, -0.1) is 0 Å². The number of aliphatic hydroxyl groups is 1. The highest BCUT2D eigenvalue weighted by molar-refractivity contribution is 9.10. The zero-order chi connectivity index (χ0) is 24.8. The summed E-state index contributed by atoms with van der Waals surface area (Å²) in [5.74, 6) is 0.690. The molecule has 2 aliphatic heterocycles. The molecule has 3 rings (SSSR count). The van der Waals surface area contributed by atoms with Crippen molar-refractivity contribution < 1.29 is 28.9 Å². The quantitative estimate of drug-likeness (QED) is 0.622. The van der Waals surface area contributed by atoms with Gasteiger partial charge in [0.25, 0.3) is 0 Å². The molecule has 0 aromatic carbocycles. The van der Waals surface area contributed by atoms with E-state index < -0.39 is 11.2 Å². The summed E-state index contributed by atoms with van der Waals surface area (Å²) in [5.41, 5.74) is -0.918. The number of hydrogen-bond donors (Lipinski definition) is 1. The van der Waals surface area contributed by atoms with Crippen molar-refractivity contribution in [1.29, 1.82) is 0 Å². The van der Waals surface area contributed by atoms with Crippen molar-refractivity contribution in [3.63, 3.8) is 0 Å². The largest absolute Gasteiger partial charge is 0.490 e. The van der Waals surface area contributed by atoms with Gasteiger partial charge >= 0.3 is 12.2 Å². The third kappa shape index (κ3) is 9.00. The normalized spacial score (nSPS) is 20.0. The smallest absolute Gasteiger partial charge is 0.410 e. The Labute approximate surface area is 204 Å². The Kier molecular flexibility index (Phi) is 9.37. The standard InChI is InChI=1S/C14H19BrN2O3.C9H17NO3/c1-14(2,3)20-13(18)17-5-4-11(17)9-19-12-6-10(15)7-16-8-12;1-9(2,3)13-8(12)10-5-4-7(10)6-11/h6-8,11H,4-5,9H2,1-3H3;7,11H,4-6H2,1-3H3/t11-;7-/m11/s1. The van der Waals surface area contributed by atoms with Crippen molar-refractivity contribution in [3.05, 3.63) is 22.9 Å². The molecular formula is C23H36BrN3O6. The average molecular weight is 530 g/mol. The molecule has 1 N–H and O–H groups in total. The van der Waals surface area contributed by atoms with Crippen LogP contribution < -0.4 is 4.74 Å². The van der Waals surface area contributed by atoms with Gasteiger partial charge in [-0.05, 0) is 76.4 Å². The number of ether oxygens (including phenoxy) is 3. The molecule has 0 spiro atoms. The number of hydrogen-bond acceptors (Lipinski definition) is 7. The van der Waals surface area contributed by atoms with E-state index in [0.29, 0.717) is 18.9 Å². The Morgan fingerprint density at radius 2 is 1.52 bits per heavy atom. The molecule has 1 aromatic rings. The van der Waals surface area contributed by atoms with E-state index in [4.69, 9.17) is 19.3 Å². The van der Waals surface area contributed by atoms with Gasteiger partial charge in [0.1, 0.15) is 23.6 Å². The van der Waals surface area contributed by atoms with Crippen molar-refractivity contribution in [2.45, 2.75) is 77.7 Å². The summed E-state index contributed by atoms with van der Waals surface area (Å²) >= 11 is 3.34. The van der Waals surface area contributed by atoms with Crippen LogP contribution in [0.25, 0.3) is 0 Å². The summed E-state index contributed by atoms with van der Waals surface area (Å²) < 4.78 is 17.0. The van der Waals surface area contributed by atoms with Crippen LogP contribution in [-0.2, 0) is 9.47 Å². The van der Waals surface area contributed by atoms with Gasteiger partial charge in [-0.2, -0.15) is 0 Å². The number of aliphatic hydroxyl groups excluding tert-OH is 1. The maximum absolute atomic E-state index is 11.9. The fourth-order valence-electron chi connectivity index (χ4n) is 3.03. The van der Waals surface area contributed by atoms with Crippen LogP contribution in [0.5, 0.6) is 5.75 Å². The molecule has 2 atom stereocenters. The molecule has 186 valence electrons. The summed E-state index contributed by atoms with van der Waals surface area (Å²) in [5, 5.41) is 8.85. The molecule has 9 nitrogen and oxygen atoms in total. The molecule has 0 saturated carbocycles. The monoisotopic (exact) mass is 529 g/mol. The summed E-state index contributed by atoms with van der Waals surface area (Å²) in [7, 11) is 0. The fraction of sp³-hybridized carbons (Fsp3) is 0.696. The van der Waals surface area contributed by atoms with Gasteiger partial charge < -0.3 is 29.1 Å². The van der Waals surface area contributed by atoms with E-state index in [1.165, 1.54) is 0 Å². The van der Waals surface area contributed by atoms with Crippen LogP contribution in [0.3, 0.4) is 0 Å². The van der Waals surface area contributed by atoms with Crippen molar-refractivity contribution in [1.82, 2.24) is 14.8 Å². The van der Waals surface area contributed by atoms with Crippen LogP contribution in [0.1, 0.15) is 54.4 Å². The first-order chi connectivity index (χ1) is 15.3. The number of amides is 2. The lowest BCUT2D eigenvalue weighted by molar-refractivity contribution is -0.0168. The first kappa shape index (κ1) is 27.2. The molecule has 0 aliphatic carbocycles. The first-order valence-corrected chi connectivity index (χ1v) is 11.9. The van der Waals surface area contributed by atoms with Crippen molar-refractivity contribution in [2.24, 2.45) is 0 Å². The number of carbonyl (C=O) groups excluding carboxylic acids is 2. The second-order valence-electron chi connectivity index (χ2n) is 10.1. The molecule has 1 aromatic heterocycles. The predicted molar refractivity (Wildman–Crippen MR) is 127 cm³/mol. The van der Waals surface area contributed by atoms with E-state index in [9.17, 15) is 9.59 Å². The molecule has 3 heterocycles. The third-order valence-corrected chi connectivity index (χ3v) is 5.31. The fourth-order valence-corrected chi connectivity index (χ4v) is 3.37. The molecule has 2 aliphatic rings. The minimum Gasteiger partial charge on any atom is -0.490 e. The van der Waals surface area contributed by atoms with Gasteiger partial charge in [-0.3, -0.25) is 4.98 Å². The predicted octanol–water partition coefficient (Wildman–Crippen LogP) is 4.22. The van der Waals surface area contributed by atoms with Crippen molar-refractivity contribution >= 4 is 28.1 Å². The van der Waals surface area contributed by atoms with E-state index in [1.807, 2.05) is 47.6 Å². The third-order valence-electron chi connectivity index (χ3n) is 4.88. The number of likely N-dealkylation sites (tertiary alicyclic amines) is 2. The van der Waals surface area contributed by atoms with E-state index >= 15 is 0 Å². The molecule has 10 heteroatoms. The average Bonchev–Trinajstić information content (AvgIpc) is 2.57. The van der Waals surface area contributed by atoms with Crippen LogP contribution in [0.15, 0.2) is 22.9 Å². The Balaban J connectivity index is 0.000000257. The number of rotatable bonds is 4. The highest BCUT2D eigenvalue weighted by Crippen LogP contribution is 2.23. The minimum absolute atomic E-state index is 0.0270. The summed E-state index contributed by atoms with van der Waals surface area (Å²) in [6, 6.07) is 1.89. The van der Waals surface area contributed by atoms with Gasteiger partial charge in [0, 0.05) is 23.8 Å². The van der Waals surface area contributed by atoms with Gasteiger partial charge in [-0.1, -0.05) is 0 Å². The maximum Gasteiger partial charge on any atom is 0.410 e. The lowest BCUT2D eigenvalue weighted by Gasteiger charge is -2.40. The molecular weight excluding hydrogens is 494 g/mol. The zero-order valence-corrected chi connectivity index (χ0v) is 21.9. The number of aromatic nitrogens is 1. The number of nitrogens with zero attached hydrogens (tertiary/aromatic N) is 3. The topological polar surface area (TPSA) is 101 Å². The minimum atomic E-state index is -0.466. The molecule has 2 saturated heterocycles. The SMILES string of the molecule is CC(C)(C)OC(=O)N1CC[C@@H]1CO.CC(C)(C)OC(=O)N1CC[C@@H]1COc1cncc(Br)c1. The van der Waals surface area contributed by atoms with E-state index in [0.717, 1.165) is 23.9 Å². The lowest BCUT2D eigenvalue weighted by Crippen LogP contribution is -2.55. The first-order valence-electron chi connectivity index (χ1n) is 11.1. The van der Waals surface area contributed by atoms with Crippen LogP contribution in [0, 0.1) is 0 Å². The van der Waals surface area contributed by atoms with Gasteiger partial charge in [0.15, 0.2) is 0 Å². The Morgan fingerprint density at radius 3 is 1.91 bits per heavy atom. The summed E-state index contributed by atoms with van der Waals surface area (Å²) in [6.07, 6.45) is 4.56. The molecule has 33 heavy (non-hydrogen) atoms. The molecule has 0 unspecified atom stereocenters. The Morgan fingerprint density at radius 1 is 1.00 bits per heavy atom. The maximum atomic E-state index is 11.9. The highest BCUT2D eigenvalue weighted by Gasteiger charge is 2.36. The van der Waals surface area contributed by atoms with Crippen LogP contribution in [0.4, 0.5) is 9.59 Å². The molecule has 2 amide bonds. The van der Waals surface area contributed by atoms with E-state index in [1.54, 1.807) is 22.2 Å². The van der Waals surface area contributed by atoms with Gasteiger partial charge in [0.05, 0.1) is 24.9 Å². The number of carbonyl (C=O) groups is 2. The van der Waals surface area contributed by atoms with Crippen molar-refractivity contribution in [2.75, 3.05) is 26.3 Å². The second kappa shape index (κ2) is 11.4. The summed E-state index contributed by atoms with van der Waals surface area (Å²) in [6.45, 7) is 13.0. The Hall–Kier alpha value is -2.07. The second-order valence-corrected chi connectivity index (χ2v) is 11.0. The molecule has 2 fully saturated rings. The van der Waals surface area contributed by atoms with Crippen LogP contribution in [-0.4, -0.2) is 81.7 Å². The molecule has 0 radical (unpaired) electrons. The zero-order valence-electron chi connectivity index (χ0n) is 20.3. The number of halogens is 1. The van der Waals surface area contributed by atoms with Crippen LogP contribution in [0.2, 0.25) is 0 Å². The van der Waals surface area contributed by atoms with Gasteiger partial charge in [-0.25, -0.2) is 9.59 Å². The lowest BCUT2D eigenvalue weighted by atomic mass is 10.1. The van der Waals surface area contributed by atoms with Crippen molar-refractivity contribution in [3.8, 4) is 5.75 Å². The Bertz CT molecular complexity index is 806.